The second-order valence-corrected chi connectivity index (χ2v) is 9.44. The molecular formula is C23H33N5O4. The number of hydrogen-bond donors (Lipinski definition) is 1. The van der Waals surface area contributed by atoms with Crippen molar-refractivity contribution in [3.63, 3.8) is 0 Å². The van der Waals surface area contributed by atoms with Crippen molar-refractivity contribution in [3.8, 4) is 0 Å². The van der Waals surface area contributed by atoms with E-state index in [-0.39, 0.29) is 36.1 Å². The van der Waals surface area contributed by atoms with E-state index in [1.165, 1.54) is 7.11 Å². The van der Waals surface area contributed by atoms with Crippen LogP contribution in [0.3, 0.4) is 0 Å². The molecule has 0 spiro atoms. The van der Waals surface area contributed by atoms with Crippen LogP contribution in [0.25, 0.3) is 5.65 Å². The fraction of sp³-hybridized carbons (Fsp3) is 0.609. The van der Waals surface area contributed by atoms with Crippen molar-refractivity contribution in [3.05, 3.63) is 28.7 Å². The molecule has 0 saturated carbocycles. The molecule has 3 rings (SSSR count). The number of hydrogen-bond acceptors (Lipinski definition) is 6. The molecule has 1 aliphatic rings. The normalized spacial score (nSPS) is 16.4. The number of fused-ring (bicyclic) bond motifs is 1. The third-order valence-electron chi connectivity index (χ3n) is 5.98. The molecule has 2 aromatic rings. The van der Waals surface area contributed by atoms with Crippen LogP contribution in [-0.2, 0) is 25.5 Å². The Morgan fingerprint density at radius 1 is 1.25 bits per heavy atom. The molecule has 0 unspecified atom stereocenters. The molecule has 2 aromatic heterocycles. The van der Waals surface area contributed by atoms with Gasteiger partial charge >= 0.3 is 5.97 Å². The molecule has 2 amide bonds. The van der Waals surface area contributed by atoms with Gasteiger partial charge in [0.2, 0.25) is 11.8 Å². The topological polar surface area (TPSA) is 106 Å². The summed E-state index contributed by atoms with van der Waals surface area (Å²) in [6, 6.07) is 2.00. The first-order valence-electron chi connectivity index (χ1n) is 11.0. The molecular weight excluding hydrogens is 410 g/mol. The van der Waals surface area contributed by atoms with Crippen LogP contribution >= 0.6 is 0 Å². The minimum Gasteiger partial charge on any atom is -0.468 e. The number of carbonyl (C=O) groups is 3. The maximum atomic E-state index is 12.6. The molecule has 0 aliphatic carbocycles. The van der Waals surface area contributed by atoms with E-state index >= 15 is 0 Å². The average molecular weight is 444 g/mol. The summed E-state index contributed by atoms with van der Waals surface area (Å²) in [5.41, 5.74) is 4.10. The predicted octanol–water partition coefficient (Wildman–Crippen LogP) is 1.93. The maximum Gasteiger partial charge on any atom is 0.325 e. The van der Waals surface area contributed by atoms with Crippen LogP contribution in [0.1, 0.15) is 62.2 Å². The third kappa shape index (κ3) is 5.08. The Morgan fingerprint density at radius 3 is 2.62 bits per heavy atom. The Kier molecular flexibility index (Phi) is 6.85. The Hall–Kier alpha value is -2.97. The minimum atomic E-state index is -0.479. The summed E-state index contributed by atoms with van der Waals surface area (Å²) in [4.78, 5) is 42.5. The van der Waals surface area contributed by atoms with Gasteiger partial charge in [-0.3, -0.25) is 14.4 Å². The van der Waals surface area contributed by atoms with Gasteiger partial charge in [0, 0.05) is 48.3 Å². The first-order chi connectivity index (χ1) is 15.0. The molecule has 3 heterocycles. The first-order valence-corrected chi connectivity index (χ1v) is 11.0. The van der Waals surface area contributed by atoms with Gasteiger partial charge in [0.15, 0.2) is 5.65 Å². The lowest BCUT2D eigenvalue weighted by molar-refractivity contribution is -0.141. The lowest BCUT2D eigenvalue weighted by atomic mass is 9.95. The summed E-state index contributed by atoms with van der Waals surface area (Å²) in [5, 5.41) is 7.36. The van der Waals surface area contributed by atoms with Gasteiger partial charge in [-0.1, -0.05) is 20.8 Å². The molecule has 9 nitrogen and oxygen atoms in total. The average Bonchev–Trinajstić information content (AvgIpc) is 3.37. The number of methoxy groups -OCH3 is 1. The van der Waals surface area contributed by atoms with Crippen LogP contribution in [0.15, 0.2) is 6.07 Å². The van der Waals surface area contributed by atoms with Crippen molar-refractivity contribution in [1.82, 2.24) is 24.8 Å². The number of amides is 2. The van der Waals surface area contributed by atoms with Crippen molar-refractivity contribution >= 4 is 23.4 Å². The van der Waals surface area contributed by atoms with Crippen molar-refractivity contribution < 1.29 is 19.1 Å². The van der Waals surface area contributed by atoms with Gasteiger partial charge in [-0.2, -0.15) is 5.10 Å². The highest BCUT2D eigenvalue weighted by Gasteiger charge is 2.34. The van der Waals surface area contributed by atoms with E-state index in [4.69, 9.17) is 10.1 Å². The van der Waals surface area contributed by atoms with Crippen LogP contribution in [0.2, 0.25) is 0 Å². The number of nitrogens with zero attached hydrogens (tertiary/aromatic N) is 4. The molecule has 174 valence electrons. The highest BCUT2D eigenvalue weighted by atomic mass is 16.5. The molecule has 0 radical (unpaired) electrons. The van der Waals surface area contributed by atoms with Crippen LogP contribution in [-0.4, -0.2) is 64.0 Å². The number of aryl methyl sites for hydroxylation is 2. The van der Waals surface area contributed by atoms with Gasteiger partial charge in [-0.25, -0.2) is 9.50 Å². The third-order valence-corrected chi connectivity index (χ3v) is 5.98. The number of aromatic nitrogens is 3. The first kappa shape index (κ1) is 23.7. The molecule has 0 bridgehead atoms. The molecule has 1 saturated heterocycles. The zero-order chi connectivity index (χ0) is 23.6. The number of nitrogens with one attached hydrogen (secondary N) is 1. The summed E-state index contributed by atoms with van der Waals surface area (Å²) >= 11 is 0. The number of rotatable bonds is 6. The zero-order valence-corrected chi connectivity index (χ0v) is 19.8. The van der Waals surface area contributed by atoms with E-state index in [1.807, 2.05) is 50.1 Å². The summed E-state index contributed by atoms with van der Waals surface area (Å²) < 4.78 is 6.37. The Labute approximate surface area is 188 Å². The molecule has 1 fully saturated rings. The van der Waals surface area contributed by atoms with Crippen LogP contribution in [0.5, 0.6) is 0 Å². The van der Waals surface area contributed by atoms with E-state index in [9.17, 15) is 14.4 Å². The Bertz CT molecular complexity index is 1040. The van der Waals surface area contributed by atoms with E-state index in [2.05, 4.69) is 10.1 Å². The molecule has 1 atom stereocenters. The highest BCUT2D eigenvalue weighted by Crippen LogP contribution is 2.30. The summed E-state index contributed by atoms with van der Waals surface area (Å²) in [7, 11) is 1.28. The van der Waals surface area contributed by atoms with Gasteiger partial charge in [-0.05, 0) is 32.3 Å². The molecule has 32 heavy (non-hydrogen) atoms. The minimum absolute atomic E-state index is 0.136. The zero-order valence-electron chi connectivity index (χ0n) is 19.8. The van der Waals surface area contributed by atoms with Gasteiger partial charge in [-0.15, -0.1) is 0 Å². The summed E-state index contributed by atoms with van der Waals surface area (Å²) in [6.45, 7) is 11.0. The van der Waals surface area contributed by atoms with Crippen LogP contribution in [0, 0.1) is 19.3 Å². The van der Waals surface area contributed by atoms with Gasteiger partial charge in [0.05, 0.1) is 12.8 Å². The van der Waals surface area contributed by atoms with Crippen molar-refractivity contribution in [2.24, 2.45) is 5.41 Å². The Morgan fingerprint density at radius 2 is 1.97 bits per heavy atom. The summed E-state index contributed by atoms with van der Waals surface area (Å²) in [5.74, 6) is -0.338. The van der Waals surface area contributed by atoms with Crippen molar-refractivity contribution in [2.75, 3.05) is 26.7 Å². The van der Waals surface area contributed by atoms with Gasteiger partial charge < -0.3 is 15.0 Å². The largest absolute Gasteiger partial charge is 0.468 e. The van der Waals surface area contributed by atoms with Gasteiger partial charge in [0.1, 0.15) is 6.54 Å². The van der Waals surface area contributed by atoms with Crippen molar-refractivity contribution in [2.45, 2.75) is 59.8 Å². The van der Waals surface area contributed by atoms with Gasteiger partial charge in [0.25, 0.3) is 0 Å². The second-order valence-electron chi connectivity index (χ2n) is 9.44. The van der Waals surface area contributed by atoms with E-state index < -0.39 is 5.97 Å². The Balaban J connectivity index is 1.73. The molecule has 0 aromatic carbocycles. The number of ether oxygens (including phenoxy) is 1. The standard InChI is InChI=1S/C23H33N5O4/c1-14-17(7-8-20(29)24-12-21(30)32-6)15(2)28-19(25-14)11-18(26-28)16-9-10-27(13-16)22(31)23(3,4)5/h11,16H,7-10,12-13H2,1-6H3,(H,24,29)/t16-/m1/s1. The second kappa shape index (κ2) is 9.26. The number of likely N-dealkylation sites (tertiary alicyclic amines) is 1. The fourth-order valence-electron chi connectivity index (χ4n) is 4.14. The molecule has 1 N–H and O–H groups in total. The summed E-state index contributed by atoms with van der Waals surface area (Å²) in [6.07, 6.45) is 1.63. The van der Waals surface area contributed by atoms with Crippen LogP contribution < -0.4 is 5.32 Å². The maximum absolute atomic E-state index is 12.6. The molecule has 1 aliphatic heterocycles. The highest BCUT2D eigenvalue weighted by molar-refractivity contribution is 5.82. The molecule has 9 heteroatoms. The van der Waals surface area contributed by atoms with Crippen LogP contribution in [0.4, 0.5) is 0 Å². The number of carbonyl (C=O) groups excluding carboxylic acids is 3. The number of esters is 1. The lowest BCUT2D eigenvalue weighted by Crippen LogP contribution is -2.37. The van der Waals surface area contributed by atoms with E-state index in [1.54, 1.807) is 0 Å². The quantitative estimate of drug-likeness (QED) is 0.684. The fourth-order valence-corrected chi connectivity index (χ4v) is 4.14. The smallest absolute Gasteiger partial charge is 0.325 e. The SMILES string of the molecule is COC(=O)CNC(=O)CCc1c(C)nc2cc([C@@H]3CCN(C(=O)C(C)(C)C)C3)nn2c1C. The lowest BCUT2D eigenvalue weighted by Gasteiger charge is -2.25. The van der Waals surface area contributed by atoms with E-state index in [0.29, 0.717) is 13.0 Å². The van der Waals surface area contributed by atoms with E-state index in [0.717, 1.165) is 41.3 Å². The predicted molar refractivity (Wildman–Crippen MR) is 119 cm³/mol. The monoisotopic (exact) mass is 443 g/mol. The van der Waals surface area contributed by atoms with Crippen molar-refractivity contribution in [1.29, 1.82) is 0 Å².